The predicted octanol–water partition coefficient (Wildman–Crippen LogP) is 4.58. The molecule has 1 saturated heterocycles. The zero-order valence-electron chi connectivity index (χ0n) is 9.40. The Bertz CT molecular complexity index is 515. The average molecular weight is 289 g/mol. The monoisotopic (exact) mass is 288 g/mol. The first-order chi connectivity index (χ1) is 8.34. The van der Waals surface area contributed by atoms with E-state index in [4.69, 9.17) is 4.74 Å². The van der Waals surface area contributed by atoms with Gasteiger partial charge in [-0.25, -0.2) is 0 Å². The number of halogens is 1. The molecule has 0 aliphatic carbocycles. The van der Waals surface area contributed by atoms with Crippen LogP contribution in [0.5, 0.6) is 0 Å². The molecule has 1 unspecified atom stereocenters. The van der Waals surface area contributed by atoms with Crippen LogP contribution in [0.1, 0.15) is 18.1 Å². The zero-order valence-corrected chi connectivity index (χ0v) is 11.0. The molecule has 2 aromatic carbocycles. The highest BCUT2D eigenvalue weighted by molar-refractivity contribution is 9.10. The molecule has 0 N–H and O–H groups in total. The SMILES string of the molecule is Brc1ccccc1-c1ccc(C2CCO2)cc1. The molecule has 1 heterocycles. The summed E-state index contributed by atoms with van der Waals surface area (Å²) in [7, 11) is 0. The lowest BCUT2D eigenvalue weighted by Gasteiger charge is -2.26. The molecular formula is C15H13BrO. The minimum Gasteiger partial charge on any atom is -0.373 e. The standard InChI is InChI=1S/C15H13BrO/c16-14-4-2-1-3-13(14)11-5-7-12(8-6-11)15-9-10-17-15/h1-8,15H,9-10H2. The topological polar surface area (TPSA) is 9.23 Å². The second kappa shape index (κ2) is 4.63. The maximum absolute atomic E-state index is 5.48. The molecule has 1 aliphatic heterocycles. The average Bonchev–Trinajstić information content (AvgIpc) is 2.29. The second-order valence-corrected chi connectivity index (χ2v) is 5.10. The molecular weight excluding hydrogens is 276 g/mol. The van der Waals surface area contributed by atoms with Crippen molar-refractivity contribution >= 4 is 15.9 Å². The van der Waals surface area contributed by atoms with Crippen LogP contribution in [0.25, 0.3) is 11.1 Å². The summed E-state index contributed by atoms with van der Waals surface area (Å²) in [4.78, 5) is 0. The van der Waals surface area contributed by atoms with Crippen molar-refractivity contribution in [3.05, 3.63) is 58.6 Å². The fourth-order valence-corrected chi connectivity index (χ4v) is 2.58. The van der Waals surface area contributed by atoms with Crippen LogP contribution in [-0.4, -0.2) is 6.61 Å². The third kappa shape index (κ3) is 2.15. The van der Waals surface area contributed by atoms with Gasteiger partial charge < -0.3 is 4.74 Å². The van der Waals surface area contributed by atoms with E-state index in [2.05, 4.69) is 58.4 Å². The van der Waals surface area contributed by atoms with Crippen molar-refractivity contribution < 1.29 is 4.74 Å². The maximum atomic E-state index is 5.48. The molecule has 0 aromatic heterocycles. The van der Waals surface area contributed by atoms with E-state index in [-0.39, 0.29) is 0 Å². The Morgan fingerprint density at radius 2 is 1.71 bits per heavy atom. The van der Waals surface area contributed by atoms with E-state index in [0.29, 0.717) is 6.10 Å². The van der Waals surface area contributed by atoms with Crippen LogP contribution in [0.3, 0.4) is 0 Å². The van der Waals surface area contributed by atoms with E-state index in [0.717, 1.165) is 17.5 Å². The first-order valence-electron chi connectivity index (χ1n) is 5.81. The Kier molecular flexibility index (Phi) is 3.00. The predicted molar refractivity (Wildman–Crippen MR) is 72.9 cm³/mol. The van der Waals surface area contributed by atoms with Crippen LogP contribution in [0.2, 0.25) is 0 Å². The van der Waals surface area contributed by atoms with E-state index < -0.39 is 0 Å². The summed E-state index contributed by atoms with van der Waals surface area (Å²) >= 11 is 3.58. The third-order valence-electron chi connectivity index (χ3n) is 3.17. The lowest BCUT2D eigenvalue weighted by atomic mass is 9.99. The minimum atomic E-state index is 0.322. The lowest BCUT2D eigenvalue weighted by Crippen LogP contribution is -2.17. The molecule has 3 rings (SSSR count). The maximum Gasteiger partial charge on any atom is 0.0846 e. The first-order valence-corrected chi connectivity index (χ1v) is 6.60. The van der Waals surface area contributed by atoms with Crippen LogP contribution < -0.4 is 0 Å². The van der Waals surface area contributed by atoms with Crippen molar-refractivity contribution in [2.45, 2.75) is 12.5 Å². The Morgan fingerprint density at radius 3 is 2.29 bits per heavy atom. The molecule has 1 fully saturated rings. The van der Waals surface area contributed by atoms with Crippen molar-refractivity contribution in [2.24, 2.45) is 0 Å². The number of rotatable bonds is 2. The van der Waals surface area contributed by atoms with Crippen LogP contribution in [0.4, 0.5) is 0 Å². The summed E-state index contributed by atoms with van der Waals surface area (Å²) in [5, 5.41) is 0. The summed E-state index contributed by atoms with van der Waals surface area (Å²) in [6.07, 6.45) is 1.47. The highest BCUT2D eigenvalue weighted by atomic mass is 79.9. The molecule has 17 heavy (non-hydrogen) atoms. The van der Waals surface area contributed by atoms with Crippen molar-refractivity contribution in [1.29, 1.82) is 0 Å². The van der Waals surface area contributed by atoms with Crippen molar-refractivity contribution in [3.63, 3.8) is 0 Å². The fraction of sp³-hybridized carbons (Fsp3) is 0.200. The summed E-state index contributed by atoms with van der Waals surface area (Å²) in [6, 6.07) is 16.9. The fourth-order valence-electron chi connectivity index (χ4n) is 2.07. The van der Waals surface area contributed by atoms with Gasteiger partial charge in [-0.05, 0) is 22.8 Å². The number of hydrogen-bond acceptors (Lipinski definition) is 1. The quantitative estimate of drug-likeness (QED) is 0.786. The van der Waals surface area contributed by atoms with Gasteiger partial charge in [-0.2, -0.15) is 0 Å². The van der Waals surface area contributed by atoms with Gasteiger partial charge in [0.1, 0.15) is 0 Å². The first kappa shape index (κ1) is 11.0. The Balaban J connectivity index is 1.91. The van der Waals surface area contributed by atoms with E-state index in [1.54, 1.807) is 0 Å². The second-order valence-electron chi connectivity index (χ2n) is 4.25. The van der Waals surface area contributed by atoms with Crippen LogP contribution >= 0.6 is 15.9 Å². The van der Waals surface area contributed by atoms with Gasteiger partial charge in [0.25, 0.3) is 0 Å². The smallest absolute Gasteiger partial charge is 0.0846 e. The van der Waals surface area contributed by atoms with Gasteiger partial charge in [0, 0.05) is 10.9 Å². The molecule has 1 aliphatic rings. The van der Waals surface area contributed by atoms with Gasteiger partial charge in [0.2, 0.25) is 0 Å². The van der Waals surface area contributed by atoms with E-state index in [1.807, 2.05) is 6.07 Å². The van der Waals surface area contributed by atoms with E-state index in [9.17, 15) is 0 Å². The molecule has 2 heteroatoms. The molecule has 0 saturated carbocycles. The van der Waals surface area contributed by atoms with Crippen LogP contribution in [0.15, 0.2) is 53.0 Å². The molecule has 0 spiro atoms. The molecule has 1 atom stereocenters. The highest BCUT2D eigenvalue weighted by Crippen LogP contribution is 2.32. The molecule has 1 nitrogen and oxygen atoms in total. The largest absolute Gasteiger partial charge is 0.373 e. The van der Waals surface area contributed by atoms with E-state index >= 15 is 0 Å². The van der Waals surface area contributed by atoms with Gasteiger partial charge >= 0.3 is 0 Å². The van der Waals surface area contributed by atoms with Crippen LogP contribution in [0, 0.1) is 0 Å². The van der Waals surface area contributed by atoms with Gasteiger partial charge in [-0.3, -0.25) is 0 Å². The van der Waals surface area contributed by atoms with Gasteiger partial charge in [-0.15, -0.1) is 0 Å². The number of hydrogen-bond donors (Lipinski definition) is 0. The minimum absolute atomic E-state index is 0.322. The molecule has 0 bridgehead atoms. The molecule has 0 amide bonds. The van der Waals surface area contributed by atoms with E-state index in [1.165, 1.54) is 16.7 Å². The normalized spacial score (nSPS) is 18.8. The molecule has 86 valence electrons. The third-order valence-corrected chi connectivity index (χ3v) is 3.86. The highest BCUT2D eigenvalue weighted by Gasteiger charge is 2.19. The molecule has 0 radical (unpaired) electrons. The van der Waals surface area contributed by atoms with Gasteiger partial charge in [0.05, 0.1) is 12.7 Å². The Morgan fingerprint density at radius 1 is 1.00 bits per heavy atom. The Labute approximate surface area is 110 Å². The lowest BCUT2D eigenvalue weighted by molar-refractivity contribution is -0.0527. The molecule has 2 aromatic rings. The van der Waals surface area contributed by atoms with Crippen LogP contribution in [-0.2, 0) is 4.74 Å². The number of ether oxygens (including phenoxy) is 1. The summed E-state index contributed by atoms with van der Waals surface area (Å²) in [5.74, 6) is 0. The van der Waals surface area contributed by atoms with Crippen molar-refractivity contribution in [3.8, 4) is 11.1 Å². The Hall–Kier alpha value is -1.12. The number of benzene rings is 2. The van der Waals surface area contributed by atoms with Crippen molar-refractivity contribution in [2.75, 3.05) is 6.61 Å². The summed E-state index contributed by atoms with van der Waals surface area (Å²) in [6.45, 7) is 0.899. The van der Waals surface area contributed by atoms with Crippen molar-refractivity contribution in [1.82, 2.24) is 0 Å². The summed E-state index contributed by atoms with van der Waals surface area (Å²) < 4.78 is 6.61. The zero-order chi connectivity index (χ0) is 11.7. The van der Waals surface area contributed by atoms with Gasteiger partial charge in [0.15, 0.2) is 0 Å². The van der Waals surface area contributed by atoms with Gasteiger partial charge in [-0.1, -0.05) is 58.4 Å². The summed E-state index contributed by atoms with van der Waals surface area (Å²) in [5.41, 5.74) is 3.75.